The molecule has 122 valence electrons. The van der Waals surface area contributed by atoms with Gasteiger partial charge in [0, 0.05) is 21.9 Å². The maximum Gasteiger partial charge on any atom is 0.262 e. The zero-order chi connectivity index (χ0) is 16.8. The number of fused-ring (bicyclic) bond motifs is 2. The Morgan fingerprint density at radius 2 is 2.04 bits per heavy atom. The largest absolute Gasteiger partial charge is 0.482 e. The Hall–Kier alpha value is -3.19. The molecule has 0 spiro atoms. The van der Waals surface area contributed by atoms with Crippen molar-refractivity contribution in [3.8, 4) is 27.6 Å². The van der Waals surface area contributed by atoms with Crippen molar-refractivity contribution in [3.63, 3.8) is 0 Å². The summed E-state index contributed by atoms with van der Waals surface area (Å²) in [6.07, 6.45) is 1.81. The van der Waals surface area contributed by atoms with E-state index in [1.54, 1.807) is 17.5 Å². The molecule has 0 radical (unpaired) electrons. The highest BCUT2D eigenvalue weighted by atomic mass is 32.1. The van der Waals surface area contributed by atoms with Gasteiger partial charge in [0.25, 0.3) is 5.91 Å². The smallest absolute Gasteiger partial charge is 0.262 e. The van der Waals surface area contributed by atoms with E-state index < -0.39 is 0 Å². The van der Waals surface area contributed by atoms with Gasteiger partial charge in [0.2, 0.25) is 0 Å². The summed E-state index contributed by atoms with van der Waals surface area (Å²) < 4.78 is 5.40. The van der Waals surface area contributed by atoms with E-state index in [1.165, 1.54) is 0 Å². The molecule has 4 aromatic rings. The van der Waals surface area contributed by atoms with Crippen LogP contribution in [0.15, 0.2) is 48.0 Å². The molecule has 0 saturated heterocycles. The van der Waals surface area contributed by atoms with Crippen molar-refractivity contribution in [1.29, 1.82) is 0 Å². The molecule has 0 unspecified atom stereocenters. The van der Waals surface area contributed by atoms with Crippen LogP contribution in [0.5, 0.6) is 5.75 Å². The van der Waals surface area contributed by atoms with Gasteiger partial charge < -0.3 is 10.1 Å². The van der Waals surface area contributed by atoms with Crippen molar-refractivity contribution in [2.24, 2.45) is 0 Å². The van der Waals surface area contributed by atoms with Gasteiger partial charge in [-0.05, 0) is 36.4 Å². The van der Waals surface area contributed by atoms with Gasteiger partial charge >= 0.3 is 0 Å². The highest BCUT2D eigenvalue weighted by molar-refractivity contribution is 7.13. The number of nitrogens with one attached hydrogen (secondary N) is 2. The lowest BCUT2D eigenvalue weighted by Gasteiger charge is -2.18. The summed E-state index contributed by atoms with van der Waals surface area (Å²) in [6, 6.07) is 11.8. The predicted octanol–water partition coefficient (Wildman–Crippen LogP) is 3.68. The first-order chi connectivity index (χ1) is 12.3. The Kier molecular flexibility index (Phi) is 3.07. The third kappa shape index (κ3) is 2.45. The molecule has 0 aliphatic carbocycles. The van der Waals surface area contributed by atoms with E-state index in [9.17, 15) is 4.79 Å². The number of aromatic nitrogens is 3. The number of hydrogen-bond acceptors (Lipinski definition) is 5. The third-order valence-electron chi connectivity index (χ3n) is 4.10. The van der Waals surface area contributed by atoms with E-state index >= 15 is 0 Å². The van der Waals surface area contributed by atoms with Crippen molar-refractivity contribution in [1.82, 2.24) is 15.2 Å². The van der Waals surface area contributed by atoms with Crippen molar-refractivity contribution in [2.75, 3.05) is 11.9 Å². The van der Waals surface area contributed by atoms with E-state index in [2.05, 4.69) is 21.6 Å². The van der Waals surface area contributed by atoms with Crippen LogP contribution < -0.4 is 10.1 Å². The maximum absolute atomic E-state index is 11.5. The molecule has 0 atom stereocenters. The van der Waals surface area contributed by atoms with Crippen LogP contribution in [0.2, 0.25) is 0 Å². The Morgan fingerprint density at radius 1 is 1.12 bits per heavy atom. The maximum atomic E-state index is 11.5. The standard InChI is InChI=1S/C18H12N4O2S/c23-17-8-24-16-4-2-10(6-14(16)20-17)15-9-25-18(21-15)11-1-3-13-12(5-11)7-19-22-13/h1-7,9H,8H2,(H,19,22)(H,20,23). The van der Waals surface area contributed by atoms with Gasteiger partial charge in [-0.1, -0.05) is 0 Å². The summed E-state index contributed by atoms with van der Waals surface area (Å²) in [4.78, 5) is 16.2. The Labute approximate surface area is 146 Å². The quantitative estimate of drug-likeness (QED) is 0.579. The minimum absolute atomic E-state index is 0.0592. The van der Waals surface area contributed by atoms with E-state index in [-0.39, 0.29) is 12.5 Å². The van der Waals surface area contributed by atoms with E-state index in [4.69, 9.17) is 9.72 Å². The number of ether oxygens (including phenoxy) is 1. The van der Waals surface area contributed by atoms with Crippen LogP contribution in [0.3, 0.4) is 0 Å². The van der Waals surface area contributed by atoms with Gasteiger partial charge in [-0.15, -0.1) is 11.3 Å². The second kappa shape index (κ2) is 5.42. The summed E-state index contributed by atoms with van der Waals surface area (Å²) in [6.45, 7) is 0.0592. The highest BCUT2D eigenvalue weighted by Gasteiger charge is 2.17. The number of carbonyl (C=O) groups excluding carboxylic acids is 1. The van der Waals surface area contributed by atoms with Crippen LogP contribution >= 0.6 is 11.3 Å². The molecule has 0 saturated carbocycles. The first-order valence-corrected chi connectivity index (χ1v) is 8.60. The molecule has 1 amide bonds. The summed E-state index contributed by atoms with van der Waals surface area (Å²) in [5, 5.41) is 13.8. The lowest BCUT2D eigenvalue weighted by molar-refractivity contribution is -0.118. The first-order valence-electron chi connectivity index (χ1n) is 7.72. The van der Waals surface area contributed by atoms with Crippen LogP contribution in [-0.4, -0.2) is 27.7 Å². The number of amides is 1. The van der Waals surface area contributed by atoms with Crippen LogP contribution in [0.1, 0.15) is 0 Å². The zero-order valence-electron chi connectivity index (χ0n) is 12.9. The lowest BCUT2D eigenvalue weighted by atomic mass is 10.1. The highest BCUT2D eigenvalue weighted by Crippen LogP contribution is 2.35. The zero-order valence-corrected chi connectivity index (χ0v) is 13.8. The second-order valence-electron chi connectivity index (χ2n) is 5.76. The number of thiazole rings is 1. The molecule has 1 aliphatic heterocycles. The summed E-state index contributed by atoms with van der Waals surface area (Å²) >= 11 is 1.59. The Balaban J connectivity index is 1.52. The summed E-state index contributed by atoms with van der Waals surface area (Å²) in [7, 11) is 0. The van der Waals surface area contributed by atoms with Crippen LogP contribution in [0, 0.1) is 0 Å². The van der Waals surface area contributed by atoms with E-state index in [0.717, 1.165) is 32.7 Å². The molecule has 2 aromatic heterocycles. The molecular weight excluding hydrogens is 336 g/mol. The molecule has 1 aliphatic rings. The molecule has 7 heteroatoms. The molecule has 5 rings (SSSR count). The molecule has 0 bridgehead atoms. The summed E-state index contributed by atoms with van der Waals surface area (Å²) in [5.41, 5.74) is 4.56. The SMILES string of the molecule is O=C1COc2ccc(-c3csc(-c4ccc5[nH]ncc5c4)n3)cc2N1. The monoisotopic (exact) mass is 348 g/mol. The number of benzene rings is 2. The first kappa shape index (κ1) is 14.2. The normalized spacial score (nSPS) is 13.4. The fraction of sp³-hybridized carbons (Fsp3) is 0.0556. The summed E-state index contributed by atoms with van der Waals surface area (Å²) in [5.74, 6) is 0.543. The molecule has 6 nitrogen and oxygen atoms in total. The van der Waals surface area contributed by atoms with E-state index in [0.29, 0.717) is 11.4 Å². The number of aromatic amines is 1. The molecule has 3 heterocycles. The molecule has 0 fully saturated rings. The van der Waals surface area contributed by atoms with Crippen LogP contribution in [0.25, 0.3) is 32.7 Å². The number of anilines is 1. The fourth-order valence-electron chi connectivity index (χ4n) is 2.86. The van der Waals surface area contributed by atoms with Gasteiger partial charge in [-0.3, -0.25) is 9.89 Å². The van der Waals surface area contributed by atoms with Gasteiger partial charge in [0.15, 0.2) is 6.61 Å². The molecule has 25 heavy (non-hydrogen) atoms. The Bertz CT molecular complexity index is 1120. The van der Waals surface area contributed by atoms with Gasteiger partial charge in [0.1, 0.15) is 10.8 Å². The number of nitrogens with zero attached hydrogens (tertiary/aromatic N) is 2. The topological polar surface area (TPSA) is 79.9 Å². The van der Waals surface area contributed by atoms with Gasteiger partial charge in [-0.2, -0.15) is 5.10 Å². The average Bonchev–Trinajstić information content (AvgIpc) is 3.29. The van der Waals surface area contributed by atoms with Crippen LogP contribution in [0.4, 0.5) is 5.69 Å². The number of carbonyl (C=O) groups is 1. The van der Waals surface area contributed by atoms with Crippen molar-refractivity contribution in [3.05, 3.63) is 48.0 Å². The van der Waals surface area contributed by atoms with Crippen LogP contribution in [-0.2, 0) is 4.79 Å². The molecular formula is C18H12N4O2S. The average molecular weight is 348 g/mol. The number of H-pyrrole nitrogens is 1. The minimum Gasteiger partial charge on any atom is -0.482 e. The fourth-order valence-corrected chi connectivity index (χ4v) is 3.68. The lowest BCUT2D eigenvalue weighted by Crippen LogP contribution is -2.25. The van der Waals surface area contributed by atoms with Gasteiger partial charge in [-0.25, -0.2) is 4.98 Å². The predicted molar refractivity (Wildman–Crippen MR) is 96.8 cm³/mol. The third-order valence-corrected chi connectivity index (χ3v) is 4.99. The van der Waals surface area contributed by atoms with Gasteiger partial charge in [0.05, 0.1) is 23.1 Å². The Morgan fingerprint density at radius 3 is 3.00 bits per heavy atom. The number of hydrogen-bond donors (Lipinski definition) is 2. The van der Waals surface area contributed by atoms with E-state index in [1.807, 2.05) is 35.7 Å². The number of rotatable bonds is 2. The van der Waals surface area contributed by atoms with Crippen molar-refractivity contribution < 1.29 is 9.53 Å². The molecule has 2 N–H and O–H groups in total. The minimum atomic E-state index is -0.142. The molecule has 2 aromatic carbocycles. The van der Waals surface area contributed by atoms with Crippen molar-refractivity contribution in [2.45, 2.75) is 0 Å². The second-order valence-corrected chi connectivity index (χ2v) is 6.62. The van der Waals surface area contributed by atoms with Crippen molar-refractivity contribution >= 4 is 33.8 Å².